The van der Waals surface area contributed by atoms with E-state index in [1.807, 2.05) is 6.07 Å². The maximum Gasteiger partial charge on any atom is 0.419 e. The summed E-state index contributed by atoms with van der Waals surface area (Å²) >= 11 is 0. The van der Waals surface area contributed by atoms with Gasteiger partial charge in [0.25, 0.3) is 0 Å². The molecular weight excluding hydrogens is 206 g/mol. The van der Waals surface area contributed by atoms with Crippen LogP contribution >= 0.6 is 0 Å². The van der Waals surface area contributed by atoms with Crippen LogP contribution in [0.2, 0.25) is 0 Å². The molecule has 1 aromatic heterocycles. The molecule has 1 N–H and O–H groups in total. The molecular formula is C11H11N3O2. The zero-order valence-corrected chi connectivity index (χ0v) is 9.02. The second-order valence-electron chi connectivity index (χ2n) is 3.60. The van der Waals surface area contributed by atoms with Crippen molar-refractivity contribution >= 4 is 16.8 Å². The number of benzene rings is 1. The van der Waals surface area contributed by atoms with Crippen LogP contribution in [0.4, 0.5) is 5.69 Å². The number of aryl methyl sites for hydroxylation is 1. The molecule has 0 saturated carbocycles. The molecule has 0 bridgehead atoms. The minimum atomic E-state index is -0.388. The molecule has 0 aliphatic heterocycles. The first-order valence-corrected chi connectivity index (χ1v) is 4.87. The van der Waals surface area contributed by atoms with Crippen LogP contribution in [0.1, 0.15) is 6.92 Å². The summed E-state index contributed by atoms with van der Waals surface area (Å²) in [6.07, 6.45) is 0. The molecule has 16 heavy (non-hydrogen) atoms. The summed E-state index contributed by atoms with van der Waals surface area (Å²) in [5.41, 5.74) is 2.01. The SMILES string of the molecule is CC(C#N)Nc1ccc2c(c1)oc(=O)n2C. The lowest BCUT2D eigenvalue weighted by Crippen LogP contribution is -2.11. The average molecular weight is 217 g/mol. The molecule has 1 aromatic carbocycles. The van der Waals surface area contributed by atoms with E-state index in [0.717, 1.165) is 11.2 Å². The van der Waals surface area contributed by atoms with E-state index in [1.54, 1.807) is 26.1 Å². The van der Waals surface area contributed by atoms with Crippen LogP contribution < -0.4 is 11.1 Å². The van der Waals surface area contributed by atoms with Crippen LogP contribution in [-0.2, 0) is 7.05 Å². The summed E-state index contributed by atoms with van der Waals surface area (Å²) in [6.45, 7) is 1.76. The second-order valence-corrected chi connectivity index (χ2v) is 3.60. The van der Waals surface area contributed by atoms with Crippen LogP contribution in [0, 0.1) is 11.3 Å². The summed E-state index contributed by atoms with van der Waals surface area (Å²) in [7, 11) is 1.65. The third-order valence-electron chi connectivity index (χ3n) is 2.37. The zero-order chi connectivity index (χ0) is 11.7. The van der Waals surface area contributed by atoms with Gasteiger partial charge in [-0.3, -0.25) is 4.57 Å². The molecule has 2 aromatic rings. The predicted octanol–water partition coefficient (Wildman–Crippen LogP) is 1.46. The molecule has 1 atom stereocenters. The number of oxazole rings is 1. The van der Waals surface area contributed by atoms with Gasteiger partial charge in [-0.05, 0) is 19.1 Å². The van der Waals surface area contributed by atoms with E-state index in [9.17, 15) is 4.79 Å². The van der Waals surface area contributed by atoms with Gasteiger partial charge in [0.2, 0.25) is 0 Å². The fourth-order valence-corrected chi connectivity index (χ4v) is 1.51. The maximum atomic E-state index is 11.3. The van der Waals surface area contributed by atoms with Crippen LogP contribution in [-0.4, -0.2) is 10.6 Å². The maximum absolute atomic E-state index is 11.3. The van der Waals surface area contributed by atoms with Crippen molar-refractivity contribution in [3.8, 4) is 6.07 Å². The largest absolute Gasteiger partial charge is 0.419 e. The highest BCUT2D eigenvalue weighted by atomic mass is 16.4. The van der Waals surface area contributed by atoms with Gasteiger partial charge >= 0.3 is 5.76 Å². The molecule has 0 fully saturated rings. The lowest BCUT2D eigenvalue weighted by molar-refractivity contribution is 0.528. The Balaban J connectivity index is 2.46. The van der Waals surface area contributed by atoms with Crippen molar-refractivity contribution < 1.29 is 4.42 Å². The molecule has 2 rings (SSSR count). The Hall–Kier alpha value is -2.22. The first kappa shape index (κ1) is 10.3. The summed E-state index contributed by atoms with van der Waals surface area (Å²) in [5, 5.41) is 11.6. The highest BCUT2D eigenvalue weighted by Crippen LogP contribution is 2.18. The molecule has 0 amide bonds. The first-order valence-electron chi connectivity index (χ1n) is 4.87. The molecule has 0 saturated heterocycles. The van der Waals surface area contributed by atoms with E-state index in [-0.39, 0.29) is 11.8 Å². The molecule has 0 aliphatic carbocycles. The molecule has 82 valence electrons. The number of hydrogen-bond acceptors (Lipinski definition) is 4. The van der Waals surface area contributed by atoms with Gasteiger partial charge in [0.1, 0.15) is 6.04 Å². The highest BCUT2D eigenvalue weighted by Gasteiger charge is 2.07. The fourth-order valence-electron chi connectivity index (χ4n) is 1.51. The summed E-state index contributed by atoms with van der Waals surface area (Å²) < 4.78 is 6.48. The molecule has 1 unspecified atom stereocenters. The molecule has 0 aliphatic rings. The molecule has 1 heterocycles. The molecule has 5 heteroatoms. The van der Waals surface area contributed by atoms with Crippen molar-refractivity contribution in [3.05, 3.63) is 28.7 Å². The van der Waals surface area contributed by atoms with Gasteiger partial charge in [-0.25, -0.2) is 4.79 Å². The van der Waals surface area contributed by atoms with E-state index in [2.05, 4.69) is 11.4 Å². The monoisotopic (exact) mass is 217 g/mol. The topological polar surface area (TPSA) is 71.0 Å². The van der Waals surface area contributed by atoms with Crippen molar-refractivity contribution in [1.82, 2.24) is 4.57 Å². The number of anilines is 1. The predicted molar refractivity (Wildman–Crippen MR) is 60.2 cm³/mol. The second kappa shape index (κ2) is 3.74. The van der Waals surface area contributed by atoms with Gasteiger partial charge in [0, 0.05) is 18.8 Å². The van der Waals surface area contributed by atoms with Crippen LogP contribution in [0.15, 0.2) is 27.4 Å². The Kier molecular flexibility index (Phi) is 2.41. The number of nitrogens with one attached hydrogen (secondary N) is 1. The van der Waals surface area contributed by atoms with Crippen molar-refractivity contribution in [3.63, 3.8) is 0 Å². The van der Waals surface area contributed by atoms with E-state index in [1.165, 1.54) is 4.57 Å². The van der Waals surface area contributed by atoms with E-state index in [0.29, 0.717) is 5.58 Å². The van der Waals surface area contributed by atoms with Crippen LogP contribution in [0.5, 0.6) is 0 Å². The normalized spacial score (nSPS) is 12.3. The van der Waals surface area contributed by atoms with E-state index >= 15 is 0 Å². The minimum absolute atomic E-state index is 0.284. The quantitative estimate of drug-likeness (QED) is 0.826. The summed E-state index contributed by atoms with van der Waals surface area (Å²) in [5.74, 6) is -0.388. The lowest BCUT2D eigenvalue weighted by Gasteiger charge is -2.06. The van der Waals surface area contributed by atoms with Gasteiger partial charge in [-0.1, -0.05) is 0 Å². The Morgan fingerprint density at radius 1 is 1.56 bits per heavy atom. The third-order valence-corrected chi connectivity index (χ3v) is 2.37. The Bertz CT molecular complexity index is 618. The molecule has 5 nitrogen and oxygen atoms in total. The standard InChI is InChI=1S/C11H11N3O2/c1-7(6-12)13-8-3-4-9-10(5-8)16-11(15)14(9)2/h3-5,7,13H,1-2H3. The Morgan fingerprint density at radius 2 is 2.31 bits per heavy atom. The smallest absolute Gasteiger partial charge is 0.408 e. The van der Waals surface area contributed by atoms with Gasteiger partial charge in [0.05, 0.1) is 11.6 Å². The number of aromatic nitrogens is 1. The van der Waals surface area contributed by atoms with E-state index in [4.69, 9.17) is 9.68 Å². The first-order chi connectivity index (χ1) is 7.61. The van der Waals surface area contributed by atoms with Gasteiger partial charge in [-0.15, -0.1) is 0 Å². The summed E-state index contributed by atoms with van der Waals surface area (Å²) in [6, 6.07) is 7.09. The number of nitriles is 1. The Morgan fingerprint density at radius 3 is 3.00 bits per heavy atom. The van der Waals surface area contributed by atoms with Gasteiger partial charge in [-0.2, -0.15) is 5.26 Å². The number of nitrogens with zero attached hydrogens (tertiary/aromatic N) is 2. The average Bonchev–Trinajstić information content (AvgIpc) is 2.54. The minimum Gasteiger partial charge on any atom is -0.408 e. The Labute approximate surface area is 91.9 Å². The van der Waals surface area contributed by atoms with Crippen LogP contribution in [0.3, 0.4) is 0 Å². The lowest BCUT2D eigenvalue weighted by atomic mass is 10.2. The van der Waals surface area contributed by atoms with Gasteiger partial charge < -0.3 is 9.73 Å². The number of fused-ring (bicyclic) bond motifs is 1. The third kappa shape index (κ3) is 1.65. The fraction of sp³-hybridized carbons (Fsp3) is 0.273. The summed E-state index contributed by atoms with van der Waals surface area (Å²) in [4.78, 5) is 11.3. The zero-order valence-electron chi connectivity index (χ0n) is 9.02. The van der Waals surface area contributed by atoms with Crippen molar-refractivity contribution in [1.29, 1.82) is 5.26 Å². The van der Waals surface area contributed by atoms with Crippen LogP contribution in [0.25, 0.3) is 11.1 Å². The van der Waals surface area contributed by atoms with Crippen molar-refractivity contribution in [2.45, 2.75) is 13.0 Å². The number of hydrogen-bond donors (Lipinski definition) is 1. The highest BCUT2D eigenvalue weighted by molar-refractivity contribution is 5.77. The van der Waals surface area contributed by atoms with Crippen molar-refractivity contribution in [2.75, 3.05) is 5.32 Å². The number of rotatable bonds is 2. The molecule has 0 spiro atoms. The van der Waals surface area contributed by atoms with Crippen molar-refractivity contribution in [2.24, 2.45) is 7.05 Å². The van der Waals surface area contributed by atoms with E-state index < -0.39 is 0 Å². The molecule has 0 radical (unpaired) electrons. The van der Waals surface area contributed by atoms with Gasteiger partial charge in [0.15, 0.2) is 5.58 Å².